The third-order valence-electron chi connectivity index (χ3n) is 4.29. The van der Waals surface area contributed by atoms with Crippen LogP contribution < -0.4 is 5.32 Å². The van der Waals surface area contributed by atoms with Crippen LogP contribution in [0.2, 0.25) is 0 Å². The Morgan fingerprint density at radius 2 is 2.05 bits per heavy atom. The summed E-state index contributed by atoms with van der Waals surface area (Å²) in [5.41, 5.74) is 2.63. The summed E-state index contributed by atoms with van der Waals surface area (Å²) in [6.45, 7) is 2.43. The van der Waals surface area contributed by atoms with Gasteiger partial charge in [0, 0.05) is 25.3 Å². The van der Waals surface area contributed by atoms with Crippen LogP contribution in [0.1, 0.15) is 48.0 Å². The van der Waals surface area contributed by atoms with Crippen LogP contribution in [0.5, 0.6) is 0 Å². The molecule has 1 aromatic carbocycles. The standard InChI is InChI=1S/C17H26N2O2/c1-13-8-9-16(18-2)15(12-13)17(21)19(10-11-20)14-6-4-3-5-7-14/h8-9,12,14,18,20H,3-7,10-11H2,1-2H3. The zero-order chi connectivity index (χ0) is 15.2. The molecule has 0 aromatic heterocycles. The van der Waals surface area contributed by atoms with E-state index in [-0.39, 0.29) is 18.6 Å². The van der Waals surface area contributed by atoms with E-state index in [1.165, 1.54) is 19.3 Å². The molecule has 2 N–H and O–H groups in total. The van der Waals surface area contributed by atoms with Crippen molar-refractivity contribution in [2.24, 2.45) is 0 Å². The van der Waals surface area contributed by atoms with E-state index in [0.717, 1.165) is 24.1 Å². The molecule has 1 saturated carbocycles. The quantitative estimate of drug-likeness (QED) is 0.876. The van der Waals surface area contributed by atoms with Gasteiger partial charge in [-0.05, 0) is 31.9 Å². The minimum Gasteiger partial charge on any atom is -0.395 e. The van der Waals surface area contributed by atoms with E-state index in [2.05, 4.69) is 5.32 Å². The molecule has 0 atom stereocenters. The van der Waals surface area contributed by atoms with Crippen LogP contribution in [0.3, 0.4) is 0 Å². The number of hydrogen-bond acceptors (Lipinski definition) is 3. The Kier molecular flexibility index (Phi) is 5.62. The second-order valence-electron chi connectivity index (χ2n) is 5.81. The average Bonchev–Trinajstić information content (AvgIpc) is 2.52. The molecular weight excluding hydrogens is 264 g/mol. The number of nitrogens with zero attached hydrogens (tertiary/aromatic N) is 1. The fourth-order valence-electron chi connectivity index (χ4n) is 3.16. The molecule has 1 fully saturated rings. The van der Waals surface area contributed by atoms with Crippen LogP contribution in [0, 0.1) is 6.92 Å². The Hall–Kier alpha value is -1.55. The van der Waals surface area contributed by atoms with Crippen molar-refractivity contribution in [3.8, 4) is 0 Å². The van der Waals surface area contributed by atoms with Crippen LogP contribution in [-0.4, -0.2) is 42.2 Å². The van der Waals surface area contributed by atoms with Crippen LogP contribution in [0.4, 0.5) is 5.69 Å². The fraction of sp³-hybridized carbons (Fsp3) is 0.588. The largest absolute Gasteiger partial charge is 0.395 e. The summed E-state index contributed by atoms with van der Waals surface area (Å²) < 4.78 is 0. The smallest absolute Gasteiger partial charge is 0.256 e. The molecule has 1 amide bonds. The van der Waals surface area contributed by atoms with Gasteiger partial charge in [0.2, 0.25) is 0 Å². The van der Waals surface area contributed by atoms with Crippen molar-refractivity contribution in [3.63, 3.8) is 0 Å². The summed E-state index contributed by atoms with van der Waals surface area (Å²) >= 11 is 0. The Bertz CT molecular complexity index is 482. The number of carbonyl (C=O) groups excluding carboxylic acids is 1. The van der Waals surface area contributed by atoms with Crippen LogP contribution >= 0.6 is 0 Å². The molecule has 116 valence electrons. The first-order valence-corrected chi connectivity index (χ1v) is 7.87. The zero-order valence-electron chi connectivity index (χ0n) is 13.1. The lowest BCUT2D eigenvalue weighted by atomic mass is 9.93. The van der Waals surface area contributed by atoms with E-state index < -0.39 is 0 Å². The second kappa shape index (κ2) is 7.46. The number of benzene rings is 1. The number of aliphatic hydroxyl groups is 1. The van der Waals surface area contributed by atoms with Gasteiger partial charge in [0.15, 0.2) is 0 Å². The minimum atomic E-state index is 0.0168. The highest BCUT2D eigenvalue weighted by Gasteiger charge is 2.27. The molecule has 0 radical (unpaired) electrons. The van der Waals surface area contributed by atoms with E-state index in [1.807, 2.05) is 37.1 Å². The Labute approximate surface area is 127 Å². The van der Waals surface area contributed by atoms with Gasteiger partial charge in [-0.15, -0.1) is 0 Å². The van der Waals surface area contributed by atoms with Crippen molar-refractivity contribution in [2.45, 2.75) is 45.1 Å². The molecule has 0 aliphatic heterocycles. The molecule has 1 aromatic rings. The van der Waals surface area contributed by atoms with E-state index >= 15 is 0 Å². The zero-order valence-corrected chi connectivity index (χ0v) is 13.1. The van der Waals surface area contributed by atoms with Gasteiger partial charge in [-0.1, -0.05) is 30.9 Å². The summed E-state index contributed by atoms with van der Waals surface area (Å²) in [4.78, 5) is 14.8. The number of amides is 1. The molecule has 4 nitrogen and oxygen atoms in total. The molecule has 0 bridgehead atoms. The molecular formula is C17H26N2O2. The number of hydrogen-bond donors (Lipinski definition) is 2. The summed E-state index contributed by atoms with van der Waals surface area (Å²) in [6, 6.07) is 6.14. The number of aliphatic hydroxyl groups excluding tert-OH is 1. The number of rotatable bonds is 5. The normalized spacial score (nSPS) is 15.8. The van der Waals surface area contributed by atoms with Gasteiger partial charge in [-0.25, -0.2) is 0 Å². The fourth-order valence-corrected chi connectivity index (χ4v) is 3.16. The van der Waals surface area contributed by atoms with Gasteiger partial charge in [-0.3, -0.25) is 4.79 Å². The van der Waals surface area contributed by atoms with E-state index in [1.54, 1.807) is 0 Å². The Morgan fingerprint density at radius 3 is 2.67 bits per heavy atom. The molecule has 21 heavy (non-hydrogen) atoms. The van der Waals surface area contributed by atoms with Gasteiger partial charge >= 0.3 is 0 Å². The minimum absolute atomic E-state index is 0.0168. The van der Waals surface area contributed by atoms with Crippen molar-refractivity contribution < 1.29 is 9.90 Å². The third kappa shape index (κ3) is 3.76. The molecule has 2 rings (SSSR count). The predicted molar refractivity (Wildman–Crippen MR) is 85.7 cm³/mol. The SMILES string of the molecule is CNc1ccc(C)cc1C(=O)N(CCO)C1CCCCC1. The highest BCUT2D eigenvalue weighted by atomic mass is 16.3. The molecule has 4 heteroatoms. The van der Waals surface area contributed by atoms with Crippen molar-refractivity contribution in [1.82, 2.24) is 4.90 Å². The first kappa shape index (κ1) is 15.8. The maximum absolute atomic E-state index is 12.9. The maximum atomic E-state index is 12.9. The van der Waals surface area contributed by atoms with Gasteiger partial charge in [0.05, 0.1) is 12.2 Å². The predicted octanol–water partition coefficient (Wildman–Crippen LogP) is 2.80. The lowest BCUT2D eigenvalue weighted by molar-refractivity contribution is 0.0586. The van der Waals surface area contributed by atoms with Gasteiger partial charge in [-0.2, -0.15) is 0 Å². The van der Waals surface area contributed by atoms with Gasteiger partial charge < -0.3 is 15.3 Å². The number of aryl methyl sites for hydroxylation is 1. The first-order valence-electron chi connectivity index (χ1n) is 7.87. The second-order valence-corrected chi connectivity index (χ2v) is 5.81. The van der Waals surface area contributed by atoms with Crippen molar-refractivity contribution in [3.05, 3.63) is 29.3 Å². The Morgan fingerprint density at radius 1 is 1.33 bits per heavy atom. The summed E-state index contributed by atoms with van der Waals surface area (Å²) in [7, 11) is 1.83. The molecule has 0 unspecified atom stereocenters. The number of carbonyl (C=O) groups is 1. The maximum Gasteiger partial charge on any atom is 0.256 e. The van der Waals surface area contributed by atoms with Crippen molar-refractivity contribution >= 4 is 11.6 Å². The average molecular weight is 290 g/mol. The molecule has 1 aliphatic rings. The molecule has 0 spiro atoms. The van der Waals surface area contributed by atoms with Gasteiger partial charge in [0.1, 0.15) is 0 Å². The van der Waals surface area contributed by atoms with Crippen LogP contribution in [-0.2, 0) is 0 Å². The van der Waals surface area contributed by atoms with E-state index in [4.69, 9.17) is 0 Å². The third-order valence-corrected chi connectivity index (χ3v) is 4.29. The van der Waals surface area contributed by atoms with E-state index in [0.29, 0.717) is 12.1 Å². The van der Waals surface area contributed by atoms with Gasteiger partial charge in [0.25, 0.3) is 5.91 Å². The molecule has 0 saturated heterocycles. The molecule has 1 aliphatic carbocycles. The van der Waals surface area contributed by atoms with E-state index in [9.17, 15) is 9.90 Å². The number of nitrogens with one attached hydrogen (secondary N) is 1. The van der Waals surface area contributed by atoms with Crippen LogP contribution in [0.25, 0.3) is 0 Å². The van der Waals surface area contributed by atoms with Crippen molar-refractivity contribution in [2.75, 3.05) is 25.5 Å². The summed E-state index contributed by atoms with van der Waals surface area (Å²) in [5, 5.41) is 12.4. The number of anilines is 1. The Balaban J connectivity index is 2.27. The van der Waals surface area contributed by atoms with Crippen molar-refractivity contribution in [1.29, 1.82) is 0 Å². The highest BCUT2D eigenvalue weighted by molar-refractivity contribution is 6.00. The summed E-state index contributed by atoms with van der Waals surface area (Å²) in [6.07, 6.45) is 5.70. The summed E-state index contributed by atoms with van der Waals surface area (Å²) in [5.74, 6) is 0.0315. The monoisotopic (exact) mass is 290 g/mol. The molecule has 0 heterocycles. The lowest BCUT2D eigenvalue weighted by Crippen LogP contribution is -2.43. The topological polar surface area (TPSA) is 52.6 Å². The first-order chi connectivity index (χ1) is 10.2. The highest BCUT2D eigenvalue weighted by Crippen LogP contribution is 2.26. The van der Waals surface area contributed by atoms with Crippen LogP contribution in [0.15, 0.2) is 18.2 Å². The lowest BCUT2D eigenvalue weighted by Gasteiger charge is -2.34.